The summed E-state index contributed by atoms with van der Waals surface area (Å²) in [5, 5.41) is 3.93. The van der Waals surface area contributed by atoms with Crippen molar-refractivity contribution in [2.24, 2.45) is 0 Å². The molecular formula is C15H13N3O2. The van der Waals surface area contributed by atoms with Gasteiger partial charge in [0, 0.05) is 11.3 Å². The Balaban J connectivity index is 1.67. The fourth-order valence-electron chi connectivity index (χ4n) is 1.73. The van der Waals surface area contributed by atoms with E-state index < -0.39 is 0 Å². The van der Waals surface area contributed by atoms with Crippen LogP contribution in [0.25, 0.3) is 11.4 Å². The van der Waals surface area contributed by atoms with Gasteiger partial charge in [-0.1, -0.05) is 35.5 Å². The van der Waals surface area contributed by atoms with Crippen molar-refractivity contribution >= 4 is 5.69 Å². The van der Waals surface area contributed by atoms with Crippen LogP contribution in [-0.2, 0) is 6.61 Å². The van der Waals surface area contributed by atoms with E-state index in [9.17, 15) is 0 Å². The Bertz CT molecular complexity index is 678. The third-order valence-electron chi connectivity index (χ3n) is 2.74. The van der Waals surface area contributed by atoms with Crippen LogP contribution in [0.5, 0.6) is 5.75 Å². The molecular weight excluding hydrogens is 254 g/mol. The summed E-state index contributed by atoms with van der Waals surface area (Å²) in [4.78, 5) is 4.29. The van der Waals surface area contributed by atoms with Gasteiger partial charge in [-0.25, -0.2) is 0 Å². The molecule has 5 heteroatoms. The van der Waals surface area contributed by atoms with Crippen molar-refractivity contribution in [3.63, 3.8) is 0 Å². The van der Waals surface area contributed by atoms with Gasteiger partial charge in [0.15, 0.2) is 6.61 Å². The number of nitrogens with two attached hydrogens (primary N) is 1. The van der Waals surface area contributed by atoms with Gasteiger partial charge in [0.2, 0.25) is 5.82 Å². The third kappa shape index (κ3) is 2.77. The lowest BCUT2D eigenvalue weighted by molar-refractivity contribution is 0.243. The van der Waals surface area contributed by atoms with Gasteiger partial charge >= 0.3 is 0 Å². The van der Waals surface area contributed by atoms with Gasteiger partial charge in [-0.05, 0) is 24.3 Å². The molecule has 0 aliphatic rings. The standard InChI is InChI=1S/C15H13N3O2/c16-12-6-8-13(9-7-12)19-10-14-17-15(18-20-14)11-4-2-1-3-5-11/h1-9H,10,16H2. The number of ether oxygens (including phenoxy) is 1. The molecule has 3 aromatic rings. The molecule has 1 aromatic heterocycles. The molecule has 1 heterocycles. The second kappa shape index (κ2) is 5.44. The van der Waals surface area contributed by atoms with Crippen molar-refractivity contribution in [1.82, 2.24) is 10.1 Å². The maximum absolute atomic E-state index is 5.61. The molecule has 2 N–H and O–H groups in total. The van der Waals surface area contributed by atoms with Gasteiger partial charge < -0.3 is 15.0 Å². The van der Waals surface area contributed by atoms with Crippen LogP contribution in [0.3, 0.4) is 0 Å². The average Bonchev–Trinajstić information content (AvgIpc) is 2.97. The molecule has 2 aromatic carbocycles. The highest BCUT2D eigenvalue weighted by atomic mass is 16.5. The number of anilines is 1. The highest BCUT2D eigenvalue weighted by Gasteiger charge is 2.08. The van der Waals surface area contributed by atoms with Crippen molar-refractivity contribution < 1.29 is 9.26 Å². The van der Waals surface area contributed by atoms with Crippen molar-refractivity contribution in [3.05, 3.63) is 60.5 Å². The van der Waals surface area contributed by atoms with E-state index in [2.05, 4.69) is 10.1 Å². The summed E-state index contributed by atoms with van der Waals surface area (Å²) in [7, 11) is 0. The van der Waals surface area contributed by atoms with E-state index in [4.69, 9.17) is 15.0 Å². The molecule has 0 aliphatic carbocycles. The fraction of sp³-hybridized carbons (Fsp3) is 0.0667. The Hall–Kier alpha value is -2.82. The molecule has 0 amide bonds. The summed E-state index contributed by atoms with van der Waals surface area (Å²) >= 11 is 0. The fourth-order valence-corrected chi connectivity index (χ4v) is 1.73. The monoisotopic (exact) mass is 267 g/mol. The summed E-state index contributed by atoms with van der Waals surface area (Å²) < 4.78 is 10.7. The first-order chi connectivity index (χ1) is 9.81. The van der Waals surface area contributed by atoms with E-state index in [1.807, 2.05) is 30.3 Å². The van der Waals surface area contributed by atoms with Crippen LogP contribution >= 0.6 is 0 Å². The predicted molar refractivity (Wildman–Crippen MR) is 74.9 cm³/mol. The number of rotatable bonds is 4. The lowest BCUT2D eigenvalue weighted by Crippen LogP contribution is -1.96. The van der Waals surface area contributed by atoms with E-state index in [1.54, 1.807) is 24.3 Å². The largest absolute Gasteiger partial charge is 0.484 e. The van der Waals surface area contributed by atoms with Gasteiger partial charge in [0.05, 0.1) is 0 Å². The van der Waals surface area contributed by atoms with Crippen LogP contribution in [0.1, 0.15) is 5.89 Å². The molecule has 0 aliphatic heterocycles. The van der Waals surface area contributed by atoms with Crippen LogP contribution in [0, 0.1) is 0 Å². The molecule has 0 bridgehead atoms. The maximum Gasteiger partial charge on any atom is 0.264 e. The smallest absolute Gasteiger partial charge is 0.264 e. The zero-order valence-corrected chi connectivity index (χ0v) is 10.7. The number of hydrogen-bond acceptors (Lipinski definition) is 5. The van der Waals surface area contributed by atoms with Crippen LogP contribution in [-0.4, -0.2) is 10.1 Å². The number of aromatic nitrogens is 2. The Morgan fingerprint density at radius 2 is 1.75 bits per heavy atom. The summed E-state index contributed by atoms with van der Waals surface area (Å²) in [5.41, 5.74) is 7.21. The highest BCUT2D eigenvalue weighted by molar-refractivity contribution is 5.53. The Labute approximate surface area is 116 Å². The van der Waals surface area contributed by atoms with E-state index in [-0.39, 0.29) is 6.61 Å². The second-order valence-corrected chi connectivity index (χ2v) is 4.24. The lowest BCUT2D eigenvalue weighted by Gasteiger charge is -2.02. The molecule has 0 spiro atoms. The van der Waals surface area contributed by atoms with Crippen LogP contribution in [0.2, 0.25) is 0 Å². The minimum atomic E-state index is 0.226. The van der Waals surface area contributed by atoms with Crippen LogP contribution in [0.15, 0.2) is 59.1 Å². The highest BCUT2D eigenvalue weighted by Crippen LogP contribution is 2.17. The molecule has 0 atom stereocenters. The predicted octanol–water partition coefficient (Wildman–Crippen LogP) is 2.90. The molecule has 0 saturated heterocycles. The van der Waals surface area contributed by atoms with Crippen LogP contribution < -0.4 is 10.5 Å². The summed E-state index contributed by atoms with van der Waals surface area (Å²) in [6.45, 7) is 0.226. The number of nitrogens with zero attached hydrogens (tertiary/aromatic N) is 2. The second-order valence-electron chi connectivity index (χ2n) is 4.24. The van der Waals surface area contributed by atoms with Crippen molar-refractivity contribution in [2.75, 3.05) is 5.73 Å². The first-order valence-electron chi connectivity index (χ1n) is 6.17. The average molecular weight is 267 g/mol. The SMILES string of the molecule is Nc1ccc(OCc2nc(-c3ccccc3)no2)cc1. The zero-order chi connectivity index (χ0) is 13.8. The molecule has 0 unspecified atom stereocenters. The number of nitrogen functional groups attached to an aromatic ring is 1. The third-order valence-corrected chi connectivity index (χ3v) is 2.74. The lowest BCUT2D eigenvalue weighted by atomic mass is 10.2. The van der Waals surface area contributed by atoms with E-state index in [0.29, 0.717) is 23.2 Å². The van der Waals surface area contributed by atoms with E-state index >= 15 is 0 Å². The number of benzene rings is 2. The van der Waals surface area contributed by atoms with Crippen molar-refractivity contribution in [1.29, 1.82) is 0 Å². The van der Waals surface area contributed by atoms with Gasteiger partial charge in [0.25, 0.3) is 5.89 Å². The summed E-state index contributed by atoms with van der Waals surface area (Å²) in [6, 6.07) is 16.8. The Morgan fingerprint density at radius 1 is 1.00 bits per heavy atom. The minimum Gasteiger partial charge on any atom is -0.484 e. The van der Waals surface area contributed by atoms with Crippen molar-refractivity contribution in [2.45, 2.75) is 6.61 Å². The minimum absolute atomic E-state index is 0.226. The van der Waals surface area contributed by atoms with Gasteiger partial charge in [-0.2, -0.15) is 4.98 Å². The molecule has 20 heavy (non-hydrogen) atoms. The molecule has 0 saturated carbocycles. The topological polar surface area (TPSA) is 74.2 Å². The normalized spacial score (nSPS) is 10.4. The van der Waals surface area contributed by atoms with E-state index in [1.165, 1.54) is 0 Å². The molecule has 0 fully saturated rings. The summed E-state index contributed by atoms with van der Waals surface area (Å²) in [5.74, 6) is 1.70. The molecule has 5 nitrogen and oxygen atoms in total. The van der Waals surface area contributed by atoms with Crippen LogP contribution in [0.4, 0.5) is 5.69 Å². The maximum atomic E-state index is 5.61. The van der Waals surface area contributed by atoms with Gasteiger partial charge in [0.1, 0.15) is 5.75 Å². The van der Waals surface area contributed by atoms with Crippen molar-refractivity contribution in [3.8, 4) is 17.1 Å². The first kappa shape index (κ1) is 12.2. The molecule has 0 radical (unpaired) electrons. The molecule has 100 valence electrons. The number of hydrogen-bond donors (Lipinski definition) is 1. The van der Waals surface area contributed by atoms with E-state index in [0.717, 1.165) is 5.56 Å². The van der Waals surface area contributed by atoms with Gasteiger partial charge in [-0.3, -0.25) is 0 Å². The molecule has 3 rings (SSSR count). The Morgan fingerprint density at radius 3 is 2.50 bits per heavy atom. The zero-order valence-electron chi connectivity index (χ0n) is 10.7. The van der Waals surface area contributed by atoms with Gasteiger partial charge in [-0.15, -0.1) is 0 Å². The Kier molecular flexibility index (Phi) is 3.33. The first-order valence-corrected chi connectivity index (χ1v) is 6.17. The quantitative estimate of drug-likeness (QED) is 0.736. The summed E-state index contributed by atoms with van der Waals surface area (Å²) in [6.07, 6.45) is 0.